The number of ether oxygens (including phenoxy) is 2. The molecule has 0 heterocycles. The molecule has 2 atom stereocenters. The van der Waals surface area contributed by atoms with Crippen LogP contribution in [0.15, 0.2) is 0 Å². The van der Waals surface area contributed by atoms with Crippen molar-refractivity contribution < 1.29 is 54.2 Å². The number of hydrogen-bond donors (Lipinski definition) is 2. The molecule has 1 aliphatic rings. The van der Waals surface area contributed by atoms with Crippen LogP contribution in [0.2, 0.25) is 0 Å². The Morgan fingerprint density at radius 3 is 1.84 bits per heavy atom. The highest BCUT2D eigenvalue weighted by atomic mass is 19.3. The topological polar surface area (TPSA) is 76.7 Å². The Kier molecular flexibility index (Phi) is 9.00. The lowest BCUT2D eigenvalue weighted by molar-refractivity contribution is -0.154. The second-order valence-corrected chi connectivity index (χ2v) is 9.03. The van der Waals surface area contributed by atoms with Gasteiger partial charge in [-0.15, -0.1) is 0 Å². The van der Waals surface area contributed by atoms with E-state index in [4.69, 9.17) is 0 Å². The molecule has 0 aromatic rings. The van der Waals surface area contributed by atoms with Gasteiger partial charge < -0.3 is 20.1 Å². The molecule has 1 fully saturated rings. The minimum absolute atomic E-state index is 0.133. The lowest BCUT2D eigenvalue weighted by atomic mass is 9.62. The molecule has 188 valence electrons. The molecule has 2 amide bonds. The first-order valence-electron chi connectivity index (χ1n) is 9.53. The molecule has 0 spiro atoms. The fourth-order valence-corrected chi connectivity index (χ4v) is 3.86. The predicted octanol–water partition coefficient (Wildman–Crippen LogP) is 4.82. The summed E-state index contributed by atoms with van der Waals surface area (Å²) in [5.74, 6) is -8.99. The van der Waals surface area contributed by atoms with Crippen molar-refractivity contribution in [2.45, 2.75) is 70.8 Å². The first-order valence-corrected chi connectivity index (χ1v) is 9.53. The SMILES string of the molecule is CC1(C)CC(NC(=O)OCC(F)(F)C(F)F)CC(C)(CNC(=O)OCC(F)(F)C(F)F)C1. The fourth-order valence-electron chi connectivity index (χ4n) is 3.86. The summed E-state index contributed by atoms with van der Waals surface area (Å²) in [5.41, 5.74) is -1.18. The van der Waals surface area contributed by atoms with Crippen LogP contribution in [-0.4, -0.2) is 62.7 Å². The minimum Gasteiger partial charge on any atom is -0.443 e. The zero-order valence-electron chi connectivity index (χ0n) is 17.6. The predicted molar refractivity (Wildman–Crippen MR) is 95.3 cm³/mol. The van der Waals surface area contributed by atoms with E-state index in [1.807, 2.05) is 13.8 Å². The van der Waals surface area contributed by atoms with Crippen molar-refractivity contribution in [1.82, 2.24) is 10.6 Å². The molecular formula is C18H26F8N2O4. The van der Waals surface area contributed by atoms with Crippen molar-refractivity contribution in [3.05, 3.63) is 0 Å². The maximum Gasteiger partial charge on any atom is 0.407 e. The quantitative estimate of drug-likeness (QED) is 0.458. The standard InChI is InChI=1S/C18H26F8N2O4/c1-15(2)4-10(28-14(30)32-9-18(25,26)12(21)22)5-16(3,6-15)7-27-13(29)31-8-17(23,24)11(19)20/h10-12H,4-9H2,1-3H3,(H,27,29)(H,28,30). The summed E-state index contributed by atoms with van der Waals surface area (Å²) in [6, 6.07) is -0.641. The van der Waals surface area contributed by atoms with Gasteiger partial charge in [-0.3, -0.25) is 0 Å². The van der Waals surface area contributed by atoms with Crippen LogP contribution in [0.4, 0.5) is 44.7 Å². The molecule has 0 saturated heterocycles. The van der Waals surface area contributed by atoms with Crippen LogP contribution in [0.3, 0.4) is 0 Å². The zero-order valence-corrected chi connectivity index (χ0v) is 17.6. The highest BCUT2D eigenvalue weighted by molar-refractivity contribution is 5.68. The van der Waals surface area contributed by atoms with Gasteiger partial charge in [0.05, 0.1) is 0 Å². The second kappa shape index (κ2) is 10.3. The molecule has 2 unspecified atom stereocenters. The van der Waals surface area contributed by atoms with E-state index in [0.717, 1.165) is 0 Å². The lowest BCUT2D eigenvalue weighted by Crippen LogP contribution is -2.51. The van der Waals surface area contributed by atoms with E-state index in [-0.39, 0.29) is 13.0 Å². The van der Waals surface area contributed by atoms with Crippen LogP contribution >= 0.6 is 0 Å². The number of alkyl carbamates (subject to hydrolysis) is 2. The van der Waals surface area contributed by atoms with Crippen molar-refractivity contribution in [2.75, 3.05) is 19.8 Å². The molecule has 32 heavy (non-hydrogen) atoms. The Labute approximate surface area is 179 Å². The summed E-state index contributed by atoms with van der Waals surface area (Å²) in [4.78, 5) is 23.4. The maximum absolute atomic E-state index is 12.9. The summed E-state index contributed by atoms with van der Waals surface area (Å²) >= 11 is 0. The monoisotopic (exact) mass is 486 g/mol. The van der Waals surface area contributed by atoms with Gasteiger partial charge in [0.25, 0.3) is 0 Å². The Balaban J connectivity index is 2.64. The van der Waals surface area contributed by atoms with Crippen LogP contribution in [0.5, 0.6) is 0 Å². The van der Waals surface area contributed by atoms with Crippen LogP contribution in [0.1, 0.15) is 40.0 Å². The van der Waals surface area contributed by atoms with Gasteiger partial charge >= 0.3 is 36.9 Å². The third-order valence-electron chi connectivity index (χ3n) is 4.85. The van der Waals surface area contributed by atoms with Crippen LogP contribution in [-0.2, 0) is 9.47 Å². The zero-order chi connectivity index (χ0) is 25.0. The Morgan fingerprint density at radius 1 is 0.906 bits per heavy atom. The molecule has 1 rings (SSSR count). The normalized spacial score (nSPS) is 23.7. The lowest BCUT2D eigenvalue weighted by Gasteiger charge is -2.46. The van der Waals surface area contributed by atoms with Crippen LogP contribution in [0, 0.1) is 10.8 Å². The minimum atomic E-state index is -4.50. The van der Waals surface area contributed by atoms with Gasteiger partial charge in [-0.1, -0.05) is 20.8 Å². The van der Waals surface area contributed by atoms with Gasteiger partial charge in [0.1, 0.15) is 0 Å². The average Bonchev–Trinajstić information content (AvgIpc) is 2.61. The summed E-state index contributed by atoms with van der Waals surface area (Å²) in [6.45, 7) is 1.57. The summed E-state index contributed by atoms with van der Waals surface area (Å²) in [7, 11) is 0. The molecule has 0 aliphatic heterocycles. The third kappa shape index (κ3) is 8.85. The number of carbonyl (C=O) groups is 2. The third-order valence-corrected chi connectivity index (χ3v) is 4.85. The Hall–Kier alpha value is -2.02. The van der Waals surface area contributed by atoms with Crippen molar-refractivity contribution >= 4 is 12.2 Å². The number of rotatable bonds is 9. The smallest absolute Gasteiger partial charge is 0.407 e. The molecule has 1 aliphatic carbocycles. The number of carbonyl (C=O) groups excluding carboxylic acids is 2. The second-order valence-electron chi connectivity index (χ2n) is 9.03. The van der Waals surface area contributed by atoms with E-state index in [1.165, 1.54) is 0 Å². The average molecular weight is 486 g/mol. The first kappa shape index (κ1) is 28.0. The number of amides is 2. The highest BCUT2D eigenvalue weighted by Gasteiger charge is 2.45. The molecular weight excluding hydrogens is 460 g/mol. The van der Waals surface area contributed by atoms with Crippen molar-refractivity contribution in [3.63, 3.8) is 0 Å². The van der Waals surface area contributed by atoms with Gasteiger partial charge in [0, 0.05) is 12.6 Å². The molecule has 0 aromatic carbocycles. The number of alkyl halides is 8. The molecule has 0 bridgehead atoms. The van der Waals surface area contributed by atoms with E-state index in [9.17, 15) is 44.7 Å². The summed E-state index contributed by atoms with van der Waals surface area (Å²) in [5, 5.41) is 4.53. The van der Waals surface area contributed by atoms with Crippen molar-refractivity contribution in [1.29, 1.82) is 0 Å². The fraction of sp³-hybridized carbons (Fsp3) is 0.889. The van der Waals surface area contributed by atoms with Crippen LogP contribution < -0.4 is 10.6 Å². The van der Waals surface area contributed by atoms with Gasteiger partial charge in [0.15, 0.2) is 13.2 Å². The molecule has 2 N–H and O–H groups in total. The summed E-state index contributed by atoms with van der Waals surface area (Å²) in [6.07, 6.45) is -9.63. The van der Waals surface area contributed by atoms with E-state index in [2.05, 4.69) is 20.1 Å². The number of halogens is 8. The molecule has 1 saturated carbocycles. The molecule has 0 aromatic heterocycles. The summed E-state index contributed by atoms with van der Waals surface area (Å²) < 4.78 is 108. The van der Waals surface area contributed by atoms with Crippen molar-refractivity contribution in [2.24, 2.45) is 10.8 Å². The van der Waals surface area contributed by atoms with Crippen molar-refractivity contribution in [3.8, 4) is 0 Å². The van der Waals surface area contributed by atoms with E-state index < -0.39 is 67.0 Å². The van der Waals surface area contributed by atoms with Crippen LogP contribution in [0.25, 0.3) is 0 Å². The van der Waals surface area contributed by atoms with Gasteiger partial charge in [0.2, 0.25) is 0 Å². The molecule has 14 heteroatoms. The Morgan fingerprint density at radius 2 is 1.38 bits per heavy atom. The Bertz CT molecular complexity index is 663. The van der Waals surface area contributed by atoms with Gasteiger partial charge in [-0.25, -0.2) is 27.2 Å². The largest absolute Gasteiger partial charge is 0.443 e. The van der Waals surface area contributed by atoms with E-state index in [0.29, 0.717) is 12.8 Å². The maximum atomic E-state index is 12.9. The molecule has 6 nitrogen and oxygen atoms in total. The number of hydrogen-bond acceptors (Lipinski definition) is 4. The first-order chi connectivity index (χ1) is 14.4. The van der Waals surface area contributed by atoms with Gasteiger partial charge in [-0.2, -0.15) is 17.6 Å². The van der Waals surface area contributed by atoms with E-state index >= 15 is 0 Å². The molecule has 0 radical (unpaired) electrons. The van der Waals surface area contributed by atoms with E-state index in [1.54, 1.807) is 6.92 Å². The number of nitrogens with one attached hydrogen (secondary N) is 2. The highest BCUT2D eigenvalue weighted by Crippen LogP contribution is 2.45. The van der Waals surface area contributed by atoms with Gasteiger partial charge in [-0.05, 0) is 30.1 Å².